The number of nitrogens with zero attached hydrogens (tertiary/aromatic N) is 1. The third-order valence-corrected chi connectivity index (χ3v) is 7.21. The van der Waals surface area contributed by atoms with Gasteiger partial charge in [0.05, 0.1) is 5.52 Å². The minimum Gasteiger partial charge on any atom is -0.382 e. The highest BCUT2D eigenvalue weighted by atomic mass is 19.2. The lowest BCUT2D eigenvalue weighted by molar-refractivity contribution is 0.0983. The summed E-state index contributed by atoms with van der Waals surface area (Å²) in [7, 11) is 0. The minimum atomic E-state index is -0.881. The number of rotatable bonds is 9. The Morgan fingerprint density at radius 1 is 0.972 bits per heavy atom. The van der Waals surface area contributed by atoms with Crippen molar-refractivity contribution in [1.82, 2.24) is 4.57 Å². The van der Waals surface area contributed by atoms with E-state index in [0.29, 0.717) is 24.6 Å². The average Bonchev–Trinajstić information content (AvgIpc) is 3.16. The predicted molar refractivity (Wildman–Crippen MR) is 142 cm³/mol. The maximum atomic E-state index is 13.7. The Bertz CT molecular complexity index is 1390. The van der Waals surface area contributed by atoms with E-state index in [2.05, 4.69) is 54.1 Å². The Morgan fingerprint density at radius 2 is 1.75 bits per heavy atom. The lowest BCUT2D eigenvalue weighted by Crippen LogP contribution is -2.26. The summed E-state index contributed by atoms with van der Waals surface area (Å²) in [4.78, 5) is 13.7. The molecule has 1 aromatic heterocycles. The SMILES string of the molecule is CC(C)c1c(C(=O)CCc2ccc(F)c(F)c2)c2ccc(NC3CCC3)cc2n1Cc1ccccc1. The molecule has 0 radical (unpaired) electrons. The number of fused-ring (bicyclic) bond motifs is 1. The van der Waals surface area contributed by atoms with Crippen molar-refractivity contribution in [3.63, 3.8) is 0 Å². The van der Waals surface area contributed by atoms with Gasteiger partial charge < -0.3 is 9.88 Å². The summed E-state index contributed by atoms with van der Waals surface area (Å²) in [6, 6.07) is 21.0. The van der Waals surface area contributed by atoms with Gasteiger partial charge in [-0.3, -0.25) is 4.79 Å². The Hall–Kier alpha value is -3.47. The maximum Gasteiger partial charge on any atom is 0.165 e. The summed E-state index contributed by atoms with van der Waals surface area (Å²) in [6.07, 6.45) is 4.23. The van der Waals surface area contributed by atoms with Gasteiger partial charge in [0, 0.05) is 41.3 Å². The Balaban J connectivity index is 1.55. The third-order valence-electron chi connectivity index (χ3n) is 7.21. The molecular formula is C31H32F2N2O. The van der Waals surface area contributed by atoms with Gasteiger partial charge in [-0.1, -0.05) is 56.3 Å². The van der Waals surface area contributed by atoms with Crippen LogP contribution in [0.3, 0.4) is 0 Å². The number of hydrogen-bond donors (Lipinski definition) is 1. The first kappa shape index (κ1) is 24.2. The van der Waals surface area contributed by atoms with Gasteiger partial charge in [-0.15, -0.1) is 0 Å². The van der Waals surface area contributed by atoms with Gasteiger partial charge in [0.1, 0.15) is 0 Å². The van der Waals surface area contributed by atoms with Crippen LogP contribution in [0.5, 0.6) is 0 Å². The van der Waals surface area contributed by atoms with Gasteiger partial charge in [0.25, 0.3) is 0 Å². The van der Waals surface area contributed by atoms with E-state index in [1.54, 1.807) is 6.07 Å². The van der Waals surface area contributed by atoms with Crippen LogP contribution in [0, 0.1) is 11.6 Å². The van der Waals surface area contributed by atoms with Gasteiger partial charge in [-0.2, -0.15) is 0 Å². The van der Waals surface area contributed by atoms with Crippen LogP contribution in [-0.4, -0.2) is 16.4 Å². The molecule has 0 atom stereocenters. The molecule has 186 valence electrons. The number of aryl methyl sites for hydroxylation is 1. The van der Waals surface area contributed by atoms with Crippen molar-refractivity contribution in [3.8, 4) is 0 Å². The maximum absolute atomic E-state index is 13.7. The second-order valence-electron chi connectivity index (χ2n) is 10.2. The van der Waals surface area contributed by atoms with E-state index >= 15 is 0 Å². The number of aromatic nitrogens is 1. The van der Waals surface area contributed by atoms with Crippen LogP contribution < -0.4 is 5.32 Å². The summed E-state index contributed by atoms with van der Waals surface area (Å²) >= 11 is 0. The van der Waals surface area contributed by atoms with E-state index in [-0.39, 0.29) is 18.1 Å². The molecule has 0 spiro atoms. The molecular weight excluding hydrogens is 454 g/mol. The largest absolute Gasteiger partial charge is 0.382 e. The summed E-state index contributed by atoms with van der Waals surface area (Å²) in [6.45, 7) is 4.92. The number of hydrogen-bond acceptors (Lipinski definition) is 2. The Morgan fingerprint density at radius 3 is 2.42 bits per heavy atom. The molecule has 0 bridgehead atoms. The van der Waals surface area contributed by atoms with E-state index in [1.165, 1.54) is 30.9 Å². The van der Waals surface area contributed by atoms with Crippen LogP contribution >= 0.6 is 0 Å². The van der Waals surface area contributed by atoms with Crippen LogP contribution in [0.4, 0.5) is 14.5 Å². The number of carbonyl (C=O) groups is 1. The van der Waals surface area contributed by atoms with Crippen molar-refractivity contribution < 1.29 is 13.6 Å². The van der Waals surface area contributed by atoms with Crippen LogP contribution in [0.2, 0.25) is 0 Å². The summed E-state index contributed by atoms with van der Waals surface area (Å²) < 4.78 is 29.3. The minimum absolute atomic E-state index is 0.0277. The van der Waals surface area contributed by atoms with Crippen molar-refractivity contribution in [2.24, 2.45) is 0 Å². The Kier molecular flexibility index (Phi) is 6.90. The number of halogens is 2. The number of carbonyl (C=O) groups excluding carboxylic acids is 1. The van der Waals surface area contributed by atoms with E-state index < -0.39 is 11.6 Å². The molecule has 0 saturated heterocycles. The topological polar surface area (TPSA) is 34.0 Å². The normalized spacial score (nSPS) is 13.8. The van der Waals surface area contributed by atoms with Crippen molar-refractivity contribution in [1.29, 1.82) is 0 Å². The average molecular weight is 487 g/mol. The fourth-order valence-electron chi connectivity index (χ4n) is 5.15. The zero-order chi connectivity index (χ0) is 25.2. The molecule has 0 aliphatic heterocycles. The monoisotopic (exact) mass is 486 g/mol. The number of Topliss-reactive ketones (excluding diaryl/α,β-unsaturated/α-hetero) is 1. The number of anilines is 1. The summed E-state index contributed by atoms with van der Waals surface area (Å²) in [5, 5.41) is 4.59. The molecule has 0 unspecified atom stereocenters. The fourth-order valence-corrected chi connectivity index (χ4v) is 5.15. The van der Waals surface area contributed by atoms with E-state index in [0.717, 1.165) is 33.9 Å². The second kappa shape index (κ2) is 10.3. The molecule has 4 aromatic rings. The second-order valence-corrected chi connectivity index (χ2v) is 10.2. The van der Waals surface area contributed by atoms with E-state index in [9.17, 15) is 13.6 Å². The third kappa shape index (κ3) is 4.92. The van der Waals surface area contributed by atoms with Gasteiger partial charge in [-0.25, -0.2) is 8.78 Å². The summed E-state index contributed by atoms with van der Waals surface area (Å²) in [5.41, 5.74) is 5.68. The van der Waals surface area contributed by atoms with Crippen LogP contribution in [0.15, 0.2) is 66.7 Å². The van der Waals surface area contributed by atoms with Crippen LogP contribution in [0.25, 0.3) is 10.9 Å². The van der Waals surface area contributed by atoms with Crippen molar-refractivity contribution >= 4 is 22.4 Å². The molecule has 3 aromatic carbocycles. The molecule has 5 rings (SSSR count). The highest BCUT2D eigenvalue weighted by molar-refractivity contribution is 6.10. The highest BCUT2D eigenvalue weighted by Gasteiger charge is 2.25. The van der Waals surface area contributed by atoms with Gasteiger partial charge >= 0.3 is 0 Å². The van der Waals surface area contributed by atoms with E-state index in [1.807, 2.05) is 18.2 Å². The molecule has 1 aliphatic rings. The van der Waals surface area contributed by atoms with Crippen molar-refractivity contribution in [3.05, 3.63) is 101 Å². The van der Waals surface area contributed by atoms with Gasteiger partial charge in [0.15, 0.2) is 17.4 Å². The molecule has 5 heteroatoms. The Labute approximate surface area is 211 Å². The molecule has 1 heterocycles. The molecule has 1 aliphatic carbocycles. The summed E-state index contributed by atoms with van der Waals surface area (Å²) in [5.74, 6) is -1.59. The number of benzene rings is 3. The molecule has 1 N–H and O–H groups in total. The van der Waals surface area contributed by atoms with E-state index in [4.69, 9.17) is 0 Å². The molecule has 0 amide bonds. The first-order chi connectivity index (χ1) is 17.4. The van der Waals surface area contributed by atoms with Crippen molar-refractivity contribution in [2.45, 2.75) is 64.5 Å². The van der Waals surface area contributed by atoms with Gasteiger partial charge in [-0.05, 0) is 67.0 Å². The van der Waals surface area contributed by atoms with Gasteiger partial charge in [0.2, 0.25) is 0 Å². The number of nitrogens with one attached hydrogen (secondary N) is 1. The fraction of sp³-hybridized carbons (Fsp3) is 0.323. The molecule has 3 nitrogen and oxygen atoms in total. The van der Waals surface area contributed by atoms with Crippen LogP contribution in [-0.2, 0) is 13.0 Å². The lowest BCUT2D eigenvalue weighted by atomic mass is 9.93. The zero-order valence-corrected chi connectivity index (χ0v) is 20.9. The van der Waals surface area contributed by atoms with Crippen LogP contribution in [0.1, 0.15) is 72.6 Å². The highest BCUT2D eigenvalue weighted by Crippen LogP contribution is 2.35. The molecule has 36 heavy (non-hydrogen) atoms. The number of ketones is 1. The van der Waals surface area contributed by atoms with Crippen molar-refractivity contribution in [2.75, 3.05) is 5.32 Å². The predicted octanol–water partition coefficient (Wildman–Crippen LogP) is 7.87. The first-order valence-corrected chi connectivity index (χ1v) is 12.8. The quantitative estimate of drug-likeness (QED) is 0.244. The molecule has 1 fully saturated rings. The smallest absolute Gasteiger partial charge is 0.165 e. The zero-order valence-electron chi connectivity index (χ0n) is 20.9. The molecule has 1 saturated carbocycles. The standard InChI is InChI=1S/C31H32F2N2O/c1-20(2)31-30(29(36)16-12-21-11-15-26(32)27(33)17-21)25-14-13-24(34-23-9-6-10-23)18-28(25)35(31)19-22-7-4-3-5-8-22/h3-5,7-8,11,13-15,17-18,20,23,34H,6,9-10,12,16,19H2,1-2H3. The first-order valence-electron chi connectivity index (χ1n) is 12.8. The lowest BCUT2D eigenvalue weighted by Gasteiger charge is -2.27.